The van der Waals surface area contributed by atoms with Crippen LogP contribution >= 0.6 is 0 Å². The molecule has 0 spiro atoms. The van der Waals surface area contributed by atoms with Crippen LogP contribution in [-0.4, -0.2) is 49.7 Å². The first-order valence-corrected chi connectivity index (χ1v) is 8.49. The predicted octanol–water partition coefficient (Wildman–Crippen LogP) is 2.43. The first-order chi connectivity index (χ1) is 9.93. The number of methoxy groups -OCH3 is 1. The van der Waals surface area contributed by atoms with E-state index in [1.165, 1.54) is 20.0 Å². The van der Waals surface area contributed by atoms with Crippen molar-refractivity contribution in [2.24, 2.45) is 11.3 Å². The third kappa shape index (κ3) is 3.98. The summed E-state index contributed by atoms with van der Waals surface area (Å²) < 4.78 is 5.18. The van der Waals surface area contributed by atoms with E-state index in [1.807, 2.05) is 0 Å². The average Bonchev–Trinajstić information content (AvgIpc) is 3.26. The largest absolute Gasteiger partial charge is 0.468 e. The third-order valence-electron chi connectivity index (χ3n) is 4.97. The van der Waals surface area contributed by atoms with Gasteiger partial charge in [-0.05, 0) is 56.5 Å². The summed E-state index contributed by atoms with van der Waals surface area (Å²) >= 11 is 0. The van der Waals surface area contributed by atoms with Crippen molar-refractivity contribution >= 4 is 5.97 Å². The molecule has 2 rings (SSSR count). The molecule has 0 aromatic heterocycles. The summed E-state index contributed by atoms with van der Waals surface area (Å²) in [5, 5.41) is 3.55. The Morgan fingerprint density at radius 2 is 2.14 bits per heavy atom. The first-order valence-electron chi connectivity index (χ1n) is 8.49. The molecular weight excluding hydrogens is 264 g/mol. The van der Waals surface area contributed by atoms with Crippen LogP contribution in [0.5, 0.6) is 0 Å². The van der Waals surface area contributed by atoms with Gasteiger partial charge in [-0.1, -0.05) is 20.8 Å². The number of hydrogen-bond donors (Lipinski definition) is 1. The van der Waals surface area contributed by atoms with Gasteiger partial charge in [0.2, 0.25) is 0 Å². The maximum atomic E-state index is 12.5. The van der Waals surface area contributed by atoms with Crippen molar-refractivity contribution in [3.05, 3.63) is 0 Å². The second-order valence-corrected chi connectivity index (χ2v) is 7.64. The fraction of sp³-hybridized carbons (Fsp3) is 0.941. The molecule has 1 saturated heterocycles. The number of esters is 1. The van der Waals surface area contributed by atoms with E-state index in [9.17, 15) is 4.79 Å². The van der Waals surface area contributed by atoms with Gasteiger partial charge in [-0.25, -0.2) is 4.79 Å². The lowest BCUT2D eigenvalue weighted by atomic mass is 9.82. The van der Waals surface area contributed by atoms with Crippen molar-refractivity contribution in [2.45, 2.75) is 58.4 Å². The lowest BCUT2D eigenvalue weighted by Crippen LogP contribution is -2.62. The molecule has 1 saturated carbocycles. The number of hydrogen-bond acceptors (Lipinski definition) is 4. The number of piperidine rings is 1. The van der Waals surface area contributed by atoms with Gasteiger partial charge in [-0.15, -0.1) is 0 Å². The number of carbonyl (C=O) groups is 1. The van der Waals surface area contributed by atoms with Gasteiger partial charge in [0.05, 0.1) is 7.11 Å². The second-order valence-electron chi connectivity index (χ2n) is 7.64. The van der Waals surface area contributed by atoms with Crippen LogP contribution in [0, 0.1) is 11.3 Å². The zero-order valence-electron chi connectivity index (χ0n) is 14.2. The topological polar surface area (TPSA) is 41.6 Å². The predicted molar refractivity (Wildman–Crippen MR) is 85.2 cm³/mol. The van der Waals surface area contributed by atoms with Crippen LogP contribution in [0.2, 0.25) is 0 Å². The monoisotopic (exact) mass is 296 g/mol. The Labute approximate surface area is 129 Å². The molecule has 2 aliphatic rings. The zero-order chi connectivity index (χ0) is 15.5. The van der Waals surface area contributed by atoms with E-state index < -0.39 is 5.54 Å². The van der Waals surface area contributed by atoms with Crippen molar-refractivity contribution in [2.75, 3.05) is 33.3 Å². The Bertz CT molecular complexity index is 366. The Morgan fingerprint density at radius 3 is 2.67 bits per heavy atom. The normalized spacial score (nSPS) is 25.3. The molecule has 4 nitrogen and oxygen atoms in total. The lowest BCUT2D eigenvalue weighted by molar-refractivity contribution is -0.151. The Balaban J connectivity index is 2.12. The molecule has 1 aliphatic heterocycles. The van der Waals surface area contributed by atoms with E-state index >= 15 is 0 Å². The highest BCUT2D eigenvalue weighted by Crippen LogP contribution is 2.42. The summed E-state index contributed by atoms with van der Waals surface area (Å²) in [6, 6.07) is 0. The molecule has 21 heavy (non-hydrogen) atoms. The van der Waals surface area contributed by atoms with Crippen molar-refractivity contribution in [3.63, 3.8) is 0 Å². The minimum absolute atomic E-state index is 0.0678. The van der Waals surface area contributed by atoms with E-state index in [-0.39, 0.29) is 5.97 Å². The number of ether oxygens (including phenoxy) is 1. The van der Waals surface area contributed by atoms with E-state index in [1.54, 1.807) is 0 Å². The Morgan fingerprint density at radius 1 is 1.43 bits per heavy atom. The molecule has 0 bridgehead atoms. The summed E-state index contributed by atoms with van der Waals surface area (Å²) in [6.07, 6.45) is 5.83. The van der Waals surface area contributed by atoms with Gasteiger partial charge in [0, 0.05) is 13.1 Å². The molecule has 1 heterocycles. The minimum Gasteiger partial charge on any atom is -0.468 e. The van der Waals surface area contributed by atoms with Gasteiger partial charge in [-0.3, -0.25) is 0 Å². The second kappa shape index (κ2) is 6.66. The smallest absolute Gasteiger partial charge is 0.327 e. The third-order valence-corrected chi connectivity index (χ3v) is 4.97. The van der Waals surface area contributed by atoms with Crippen LogP contribution in [0.3, 0.4) is 0 Å². The molecular formula is C17H32N2O2. The van der Waals surface area contributed by atoms with Crippen molar-refractivity contribution in [1.29, 1.82) is 0 Å². The fourth-order valence-electron chi connectivity index (χ4n) is 3.77. The quantitative estimate of drug-likeness (QED) is 0.733. The molecule has 1 atom stereocenters. The number of likely N-dealkylation sites (tertiary alicyclic amines) is 1. The van der Waals surface area contributed by atoms with Gasteiger partial charge in [-0.2, -0.15) is 0 Å². The maximum Gasteiger partial charge on any atom is 0.327 e. The Hall–Kier alpha value is -0.610. The van der Waals surface area contributed by atoms with Gasteiger partial charge in [0.15, 0.2) is 0 Å². The molecule has 0 aromatic carbocycles. The molecule has 2 fully saturated rings. The van der Waals surface area contributed by atoms with E-state index in [2.05, 4.69) is 31.0 Å². The number of nitrogens with zero attached hydrogens (tertiary/aromatic N) is 1. The summed E-state index contributed by atoms with van der Waals surface area (Å²) in [5.74, 6) is 0.378. The standard InChI is InChI=1S/C17H32N2O2/c1-5-10-18-17(14-7-8-14,15(20)21-4)13-19-11-6-9-16(2,3)12-19/h14,18H,5-13H2,1-4H3. The van der Waals surface area contributed by atoms with Gasteiger partial charge in [0.25, 0.3) is 0 Å². The Kier molecular flexibility index (Phi) is 5.31. The van der Waals surface area contributed by atoms with E-state index in [4.69, 9.17) is 4.74 Å². The van der Waals surface area contributed by atoms with Crippen LogP contribution < -0.4 is 5.32 Å². The number of carbonyl (C=O) groups excluding carboxylic acids is 1. The summed E-state index contributed by atoms with van der Waals surface area (Å²) in [7, 11) is 1.52. The molecule has 0 aromatic rings. The molecule has 1 N–H and O–H groups in total. The highest BCUT2D eigenvalue weighted by atomic mass is 16.5. The van der Waals surface area contributed by atoms with Crippen molar-refractivity contribution < 1.29 is 9.53 Å². The summed E-state index contributed by atoms with van der Waals surface area (Å²) in [6.45, 7) is 10.7. The van der Waals surface area contributed by atoms with E-state index in [0.717, 1.165) is 45.4 Å². The SMILES string of the molecule is CCCNC(CN1CCCC(C)(C)C1)(C(=O)OC)C1CC1. The fourth-order valence-corrected chi connectivity index (χ4v) is 3.77. The highest BCUT2D eigenvalue weighted by Gasteiger charge is 2.52. The summed E-state index contributed by atoms with van der Waals surface area (Å²) in [5.41, 5.74) is -0.132. The minimum atomic E-state index is -0.488. The van der Waals surface area contributed by atoms with Crippen molar-refractivity contribution in [1.82, 2.24) is 10.2 Å². The maximum absolute atomic E-state index is 12.5. The molecule has 0 radical (unpaired) electrons. The van der Waals surface area contributed by atoms with Gasteiger partial charge < -0.3 is 15.0 Å². The highest BCUT2D eigenvalue weighted by molar-refractivity contribution is 5.82. The molecule has 1 unspecified atom stereocenters. The van der Waals surface area contributed by atoms with Crippen molar-refractivity contribution in [3.8, 4) is 0 Å². The zero-order valence-corrected chi connectivity index (χ0v) is 14.2. The average molecular weight is 296 g/mol. The van der Waals surface area contributed by atoms with Crippen LogP contribution in [0.1, 0.15) is 52.9 Å². The van der Waals surface area contributed by atoms with Crippen LogP contribution in [0.4, 0.5) is 0 Å². The number of rotatable bonds is 7. The van der Waals surface area contributed by atoms with Crippen LogP contribution in [0.25, 0.3) is 0 Å². The lowest BCUT2D eigenvalue weighted by Gasteiger charge is -2.43. The van der Waals surface area contributed by atoms with Crippen LogP contribution in [-0.2, 0) is 9.53 Å². The van der Waals surface area contributed by atoms with E-state index in [0.29, 0.717) is 11.3 Å². The molecule has 4 heteroatoms. The molecule has 122 valence electrons. The van der Waals surface area contributed by atoms with Gasteiger partial charge >= 0.3 is 5.97 Å². The number of nitrogens with one attached hydrogen (secondary N) is 1. The molecule has 1 aliphatic carbocycles. The first kappa shape index (κ1) is 16.8. The van der Waals surface area contributed by atoms with Crippen LogP contribution in [0.15, 0.2) is 0 Å². The summed E-state index contributed by atoms with van der Waals surface area (Å²) in [4.78, 5) is 15.0. The van der Waals surface area contributed by atoms with Gasteiger partial charge in [0.1, 0.15) is 5.54 Å². The molecule has 0 amide bonds.